The van der Waals surface area contributed by atoms with Gasteiger partial charge in [-0.1, -0.05) is 44.1 Å². The minimum atomic E-state index is -0.347. The number of H-pyrrole nitrogens is 1. The van der Waals surface area contributed by atoms with Crippen molar-refractivity contribution in [2.45, 2.75) is 58.4 Å². The fourth-order valence-corrected chi connectivity index (χ4v) is 4.97. The first kappa shape index (κ1) is 24.0. The van der Waals surface area contributed by atoms with E-state index < -0.39 is 0 Å². The first-order chi connectivity index (χ1) is 18.2. The van der Waals surface area contributed by atoms with Gasteiger partial charge in [0.2, 0.25) is 0 Å². The predicted octanol–water partition coefficient (Wildman–Crippen LogP) is 4.82. The Bertz CT molecular complexity index is 1670. The van der Waals surface area contributed by atoms with E-state index in [1.165, 1.54) is 5.56 Å². The van der Waals surface area contributed by atoms with Crippen LogP contribution in [-0.4, -0.2) is 40.8 Å². The number of rotatable bonds is 4. The van der Waals surface area contributed by atoms with E-state index in [1.807, 2.05) is 51.7 Å². The lowest BCUT2D eigenvalue weighted by Crippen LogP contribution is -2.31. The monoisotopic (exact) mass is 510 g/mol. The predicted molar refractivity (Wildman–Crippen MR) is 142 cm³/mol. The minimum Gasteiger partial charge on any atom is -0.341 e. The summed E-state index contributed by atoms with van der Waals surface area (Å²) >= 11 is 0. The Kier molecular flexibility index (Phi) is 5.62. The van der Waals surface area contributed by atoms with Gasteiger partial charge < -0.3 is 14.8 Å². The maximum atomic E-state index is 12.9. The Morgan fingerprint density at radius 3 is 2.76 bits per heavy atom. The quantitative estimate of drug-likeness (QED) is 0.355. The summed E-state index contributed by atoms with van der Waals surface area (Å²) in [6, 6.07) is 8.28. The highest BCUT2D eigenvalue weighted by molar-refractivity contribution is 5.92. The molecule has 1 aliphatic carbocycles. The van der Waals surface area contributed by atoms with Crippen molar-refractivity contribution in [2.75, 3.05) is 0 Å². The lowest BCUT2D eigenvalue weighted by atomic mass is 9.85. The molecule has 4 aromatic heterocycles. The summed E-state index contributed by atoms with van der Waals surface area (Å²) < 4.78 is 7.08. The van der Waals surface area contributed by atoms with Crippen molar-refractivity contribution < 1.29 is 9.32 Å². The smallest absolute Gasteiger partial charge is 0.315 e. The molecule has 1 aromatic carbocycles. The number of nitrogens with one attached hydrogen (secondary N) is 2. The van der Waals surface area contributed by atoms with E-state index in [-0.39, 0.29) is 23.3 Å². The number of aromatic nitrogens is 7. The molecule has 38 heavy (non-hydrogen) atoms. The molecule has 0 radical (unpaired) electrons. The van der Waals surface area contributed by atoms with E-state index in [4.69, 9.17) is 9.51 Å². The Labute approximate surface area is 219 Å². The molecule has 6 rings (SSSR count). The molecule has 4 heterocycles. The number of hydrogen-bond acceptors (Lipinski definition) is 7. The van der Waals surface area contributed by atoms with Gasteiger partial charge in [0.1, 0.15) is 11.3 Å². The van der Waals surface area contributed by atoms with Crippen LogP contribution >= 0.6 is 0 Å². The highest BCUT2D eigenvalue weighted by Crippen LogP contribution is 2.35. The van der Waals surface area contributed by atoms with Crippen LogP contribution in [0.25, 0.3) is 33.7 Å². The van der Waals surface area contributed by atoms with Gasteiger partial charge in [0.15, 0.2) is 11.5 Å². The molecule has 5 aromatic rings. The van der Waals surface area contributed by atoms with Crippen molar-refractivity contribution in [3.05, 3.63) is 65.2 Å². The summed E-state index contributed by atoms with van der Waals surface area (Å²) in [6.07, 6.45) is 6.38. The van der Waals surface area contributed by atoms with Gasteiger partial charge in [0.25, 0.3) is 0 Å². The number of aryl methyl sites for hydroxylation is 2. The largest absolute Gasteiger partial charge is 0.341 e. The van der Waals surface area contributed by atoms with E-state index in [0.717, 1.165) is 64.2 Å². The van der Waals surface area contributed by atoms with E-state index in [2.05, 4.69) is 48.7 Å². The highest BCUT2D eigenvalue weighted by Gasteiger charge is 2.28. The van der Waals surface area contributed by atoms with Crippen molar-refractivity contribution in [1.29, 1.82) is 0 Å². The summed E-state index contributed by atoms with van der Waals surface area (Å²) in [6.45, 7) is 7.96. The standard InChI is InChI=1S/C28H30N8O2/c1-15-20(14-30-36(15)5)23-32-22-19(11-12-29-24(22)33-23)17-9-10-18-16(13-17)7-6-8-21(18)31-25(37)26-34-27(35-38-26)28(2,3)4/h9-14,21H,6-8H2,1-5H3,(H,31,37)(H,29,32,33). The third-order valence-electron chi connectivity index (χ3n) is 7.24. The average molecular weight is 511 g/mol. The Morgan fingerprint density at radius 1 is 1.18 bits per heavy atom. The molecular weight excluding hydrogens is 480 g/mol. The molecule has 0 spiro atoms. The number of pyridine rings is 1. The molecule has 0 saturated carbocycles. The molecule has 10 nitrogen and oxygen atoms in total. The first-order valence-electron chi connectivity index (χ1n) is 12.8. The summed E-state index contributed by atoms with van der Waals surface area (Å²) in [5.41, 5.74) is 7.64. The third kappa shape index (κ3) is 4.15. The zero-order chi connectivity index (χ0) is 26.6. The SMILES string of the molecule is Cc1c(-c2nc3c(-c4ccc5c(c4)CCCC5NC(=O)c4nc(C(C)(C)C)no4)ccnc3[nH]2)cnn1C. The molecule has 0 saturated heterocycles. The van der Waals surface area contributed by atoms with Gasteiger partial charge in [-0.05, 0) is 48.9 Å². The van der Waals surface area contributed by atoms with Crippen LogP contribution in [0, 0.1) is 6.92 Å². The molecule has 1 unspecified atom stereocenters. The molecule has 1 aliphatic rings. The van der Waals surface area contributed by atoms with Gasteiger partial charge in [-0.3, -0.25) is 9.48 Å². The topological polar surface area (TPSA) is 127 Å². The summed E-state index contributed by atoms with van der Waals surface area (Å²) in [7, 11) is 1.92. The summed E-state index contributed by atoms with van der Waals surface area (Å²) in [5.74, 6) is 0.915. The number of aromatic amines is 1. The van der Waals surface area contributed by atoms with Gasteiger partial charge in [-0.15, -0.1) is 0 Å². The van der Waals surface area contributed by atoms with Crippen molar-refractivity contribution in [1.82, 2.24) is 40.2 Å². The van der Waals surface area contributed by atoms with Gasteiger partial charge >= 0.3 is 11.8 Å². The number of hydrogen-bond donors (Lipinski definition) is 2. The summed E-state index contributed by atoms with van der Waals surface area (Å²) in [5, 5.41) is 11.4. The molecule has 1 atom stereocenters. The number of imidazole rings is 1. The van der Waals surface area contributed by atoms with E-state index >= 15 is 0 Å². The zero-order valence-corrected chi connectivity index (χ0v) is 22.2. The summed E-state index contributed by atoms with van der Waals surface area (Å²) in [4.78, 5) is 30.0. The number of carbonyl (C=O) groups is 1. The second-order valence-corrected chi connectivity index (χ2v) is 10.9. The van der Waals surface area contributed by atoms with E-state index in [9.17, 15) is 4.79 Å². The van der Waals surface area contributed by atoms with Crippen LogP contribution < -0.4 is 5.32 Å². The van der Waals surface area contributed by atoms with Crippen LogP contribution in [0.3, 0.4) is 0 Å². The van der Waals surface area contributed by atoms with Crippen LogP contribution in [0.1, 0.15) is 73.0 Å². The molecule has 0 aliphatic heterocycles. The van der Waals surface area contributed by atoms with Crippen LogP contribution in [0.15, 0.2) is 41.2 Å². The second-order valence-electron chi connectivity index (χ2n) is 10.9. The number of fused-ring (bicyclic) bond motifs is 2. The molecule has 1 amide bonds. The zero-order valence-electron chi connectivity index (χ0n) is 22.2. The molecular formula is C28H30N8O2. The number of benzene rings is 1. The van der Waals surface area contributed by atoms with Crippen LogP contribution in [-0.2, 0) is 18.9 Å². The molecule has 0 bridgehead atoms. The first-order valence-corrected chi connectivity index (χ1v) is 12.8. The van der Waals surface area contributed by atoms with Gasteiger partial charge in [0, 0.05) is 29.9 Å². The lowest BCUT2D eigenvalue weighted by Gasteiger charge is -2.26. The van der Waals surface area contributed by atoms with Crippen molar-refractivity contribution in [3.63, 3.8) is 0 Å². The van der Waals surface area contributed by atoms with Crippen LogP contribution in [0.5, 0.6) is 0 Å². The third-order valence-corrected chi connectivity index (χ3v) is 7.24. The fourth-order valence-electron chi connectivity index (χ4n) is 4.97. The van der Waals surface area contributed by atoms with Gasteiger partial charge in [-0.2, -0.15) is 10.1 Å². The number of nitrogens with zero attached hydrogens (tertiary/aromatic N) is 6. The van der Waals surface area contributed by atoms with E-state index in [0.29, 0.717) is 5.82 Å². The van der Waals surface area contributed by atoms with Crippen molar-refractivity contribution in [3.8, 4) is 22.5 Å². The van der Waals surface area contributed by atoms with Crippen molar-refractivity contribution in [2.24, 2.45) is 7.05 Å². The molecule has 194 valence electrons. The van der Waals surface area contributed by atoms with Crippen LogP contribution in [0.2, 0.25) is 0 Å². The number of amides is 1. The van der Waals surface area contributed by atoms with Crippen LogP contribution in [0.4, 0.5) is 0 Å². The molecule has 2 N–H and O–H groups in total. The molecule has 0 fully saturated rings. The lowest BCUT2D eigenvalue weighted by molar-refractivity contribution is 0.0888. The number of carbonyl (C=O) groups excluding carboxylic acids is 1. The van der Waals surface area contributed by atoms with Gasteiger partial charge in [-0.25, -0.2) is 9.97 Å². The Morgan fingerprint density at radius 2 is 2.03 bits per heavy atom. The Balaban J connectivity index is 1.29. The highest BCUT2D eigenvalue weighted by atomic mass is 16.5. The molecule has 10 heteroatoms. The maximum absolute atomic E-state index is 12.9. The maximum Gasteiger partial charge on any atom is 0.315 e. The average Bonchev–Trinajstić information content (AvgIpc) is 3.62. The normalized spacial score (nSPS) is 15.6. The second kappa shape index (κ2) is 8.90. The van der Waals surface area contributed by atoms with Crippen molar-refractivity contribution >= 4 is 17.1 Å². The van der Waals surface area contributed by atoms with E-state index in [1.54, 1.807) is 6.20 Å². The fraction of sp³-hybridized carbons (Fsp3) is 0.357. The van der Waals surface area contributed by atoms with Gasteiger partial charge in [0.05, 0.1) is 17.8 Å². The minimum absolute atomic E-state index is 0.00367. The Hall–Kier alpha value is -4.34.